The third-order valence-electron chi connectivity index (χ3n) is 4.29. The molecule has 1 aliphatic rings. The SMILES string of the molecule is CCCOc1ccc(C(C)NCC2CCCN(C)C2)cc1. The third-order valence-corrected chi connectivity index (χ3v) is 4.29. The Morgan fingerprint density at radius 1 is 1.33 bits per heavy atom. The highest BCUT2D eigenvalue weighted by Gasteiger charge is 2.17. The van der Waals surface area contributed by atoms with E-state index in [4.69, 9.17) is 4.74 Å². The fourth-order valence-electron chi connectivity index (χ4n) is 2.97. The molecule has 0 aliphatic carbocycles. The standard InChI is InChI=1S/C18H30N2O/c1-4-12-21-18-9-7-17(8-10-18)15(2)19-13-16-6-5-11-20(3)14-16/h7-10,15-16,19H,4-6,11-14H2,1-3H3. The first-order valence-corrected chi connectivity index (χ1v) is 8.33. The van der Waals surface area contributed by atoms with Crippen LogP contribution in [0.1, 0.15) is 44.7 Å². The lowest BCUT2D eigenvalue weighted by molar-refractivity contribution is 0.203. The molecule has 0 amide bonds. The van der Waals surface area contributed by atoms with Crippen LogP contribution in [0.25, 0.3) is 0 Å². The number of hydrogen-bond acceptors (Lipinski definition) is 3. The van der Waals surface area contributed by atoms with Gasteiger partial charge in [-0.05, 0) is 69.9 Å². The Labute approximate surface area is 129 Å². The van der Waals surface area contributed by atoms with Crippen molar-refractivity contribution < 1.29 is 4.74 Å². The van der Waals surface area contributed by atoms with Crippen molar-refractivity contribution in [1.82, 2.24) is 10.2 Å². The highest BCUT2D eigenvalue weighted by molar-refractivity contribution is 5.28. The third kappa shape index (κ3) is 5.33. The Balaban J connectivity index is 1.78. The maximum absolute atomic E-state index is 5.63. The first kappa shape index (κ1) is 16.3. The van der Waals surface area contributed by atoms with Crippen LogP contribution >= 0.6 is 0 Å². The van der Waals surface area contributed by atoms with Crippen LogP contribution in [-0.4, -0.2) is 38.2 Å². The lowest BCUT2D eigenvalue weighted by atomic mass is 9.97. The molecular formula is C18H30N2O. The number of rotatable bonds is 7. The van der Waals surface area contributed by atoms with Crippen molar-refractivity contribution in [2.45, 2.75) is 39.2 Å². The van der Waals surface area contributed by atoms with Gasteiger partial charge >= 0.3 is 0 Å². The summed E-state index contributed by atoms with van der Waals surface area (Å²) in [6.45, 7) is 8.76. The van der Waals surface area contributed by atoms with Gasteiger partial charge in [-0.1, -0.05) is 19.1 Å². The topological polar surface area (TPSA) is 24.5 Å². The molecule has 1 aromatic carbocycles. The number of ether oxygens (including phenoxy) is 1. The molecule has 1 saturated heterocycles. The minimum Gasteiger partial charge on any atom is -0.494 e. The Kier molecular flexibility index (Phi) is 6.52. The van der Waals surface area contributed by atoms with Gasteiger partial charge in [0, 0.05) is 12.6 Å². The summed E-state index contributed by atoms with van der Waals surface area (Å²) >= 11 is 0. The fourth-order valence-corrected chi connectivity index (χ4v) is 2.97. The normalized spacial score (nSPS) is 21.2. The van der Waals surface area contributed by atoms with E-state index in [1.807, 2.05) is 0 Å². The molecule has 2 rings (SSSR count). The number of piperidine rings is 1. The molecule has 3 nitrogen and oxygen atoms in total. The number of benzene rings is 1. The van der Waals surface area contributed by atoms with E-state index in [-0.39, 0.29) is 0 Å². The number of likely N-dealkylation sites (tertiary alicyclic amines) is 1. The molecule has 0 bridgehead atoms. The Morgan fingerprint density at radius 2 is 2.10 bits per heavy atom. The molecule has 1 N–H and O–H groups in total. The summed E-state index contributed by atoms with van der Waals surface area (Å²) in [5.74, 6) is 1.76. The zero-order valence-corrected chi connectivity index (χ0v) is 13.8. The van der Waals surface area contributed by atoms with E-state index in [9.17, 15) is 0 Å². The second-order valence-corrected chi connectivity index (χ2v) is 6.32. The van der Waals surface area contributed by atoms with Crippen LogP contribution in [0.2, 0.25) is 0 Å². The maximum atomic E-state index is 5.63. The van der Waals surface area contributed by atoms with Crippen molar-refractivity contribution in [2.24, 2.45) is 5.92 Å². The highest BCUT2D eigenvalue weighted by Crippen LogP contribution is 2.19. The summed E-state index contributed by atoms with van der Waals surface area (Å²) in [5.41, 5.74) is 1.34. The summed E-state index contributed by atoms with van der Waals surface area (Å²) in [6.07, 6.45) is 3.74. The van der Waals surface area contributed by atoms with Gasteiger partial charge in [0.1, 0.15) is 5.75 Å². The molecule has 0 spiro atoms. The van der Waals surface area contributed by atoms with Crippen molar-refractivity contribution in [3.63, 3.8) is 0 Å². The van der Waals surface area contributed by atoms with Crippen molar-refractivity contribution in [3.05, 3.63) is 29.8 Å². The van der Waals surface area contributed by atoms with Crippen LogP contribution < -0.4 is 10.1 Å². The predicted molar refractivity (Wildman–Crippen MR) is 88.9 cm³/mol. The van der Waals surface area contributed by atoms with Crippen molar-refractivity contribution in [2.75, 3.05) is 33.3 Å². The summed E-state index contributed by atoms with van der Waals surface area (Å²) in [5, 5.41) is 3.68. The molecule has 0 radical (unpaired) electrons. The van der Waals surface area contributed by atoms with Crippen molar-refractivity contribution in [1.29, 1.82) is 0 Å². The van der Waals surface area contributed by atoms with Crippen LogP contribution in [0.15, 0.2) is 24.3 Å². The van der Waals surface area contributed by atoms with E-state index >= 15 is 0 Å². The largest absolute Gasteiger partial charge is 0.494 e. The van der Waals surface area contributed by atoms with Gasteiger partial charge in [-0.3, -0.25) is 0 Å². The highest BCUT2D eigenvalue weighted by atomic mass is 16.5. The van der Waals surface area contributed by atoms with E-state index in [1.165, 1.54) is 31.5 Å². The maximum Gasteiger partial charge on any atom is 0.119 e. The van der Waals surface area contributed by atoms with E-state index in [2.05, 4.69) is 55.4 Å². The molecule has 3 heteroatoms. The lowest BCUT2D eigenvalue weighted by Gasteiger charge is -2.30. The van der Waals surface area contributed by atoms with Gasteiger partial charge in [0.15, 0.2) is 0 Å². The van der Waals surface area contributed by atoms with E-state index < -0.39 is 0 Å². The summed E-state index contributed by atoms with van der Waals surface area (Å²) in [7, 11) is 2.23. The quantitative estimate of drug-likeness (QED) is 0.832. The molecule has 0 saturated carbocycles. The number of hydrogen-bond donors (Lipinski definition) is 1. The van der Waals surface area contributed by atoms with E-state index in [0.29, 0.717) is 6.04 Å². The lowest BCUT2D eigenvalue weighted by Crippen LogP contribution is -2.37. The Hall–Kier alpha value is -1.06. The van der Waals surface area contributed by atoms with Crippen LogP contribution in [0.4, 0.5) is 0 Å². The van der Waals surface area contributed by atoms with Gasteiger partial charge in [-0.25, -0.2) is 0 Å². The first-order valence-electron chi connectivity index (χ1n) is 8.33. The van der Waals surface area contributed by atoms with Crippen LogP contribution in [0.5, 0.6) is 5.75 Å². The van der Waals surface area contributed by atoms with Gasteiger partial charge in [0.2, 0.25) is 0 Å². The molecular weight excluding hydrogens is 260 g/mol. The van der Waals surface area contributed by atoms with E-state index in [0.717, 1.165) is 31.2 Å². The van der Waals surface area contributed by atoms with Crippen molar-refractivity contribution in [3.8, 4) is 5.75 Å². The smallest absolute Gasteiger partial charge is 0.119 e. The van der Waals surface area contributed by atoms with Crippen LogP contribution in [-0.2, 0) is 0 Å². The van der Waals surface area contributed by atoms with Gasteiger partial charge < -0.3 is 15.0 Å². The second-order valence-electron chi connectivity index (χ2n) is 6.32. The predicted octanol–water partition coefficient (Wildman–Crippen LogP) is 3.47. The summed E-state index contributed by atoms with van der Waals surface area (Å²) in [4.78, 5) is 2.44. The number of nitrogens with zero attached hydrogens (tertiary/aromatic N) is 1. The van der Waals surface area contributed by atoms with Gasteiger partial charge in [-0.2, -0.15) is 0 Å². The second kappa shape index (κ2) is 8.40. The first-order chi connectivity index (χ1) is 10.2. The molecule has 1 aromatic rings. The minimum absolute atomic E-state index is 0.400. The number of nitrogens with one attached hydrogen (secondary N) is 1. The van der Waals surface area contributed by atoms with Gasteiger partial charge in [-0.15, -0.1) is 0 Å². The van der Waals surface area contributed by atoms with Crippen LogP contribution in [0.3, 0.4) is 0 Å². The fraction of sp³-hybridized carbons (Fsp3) is 0.667. The zero-order valence-electron chi connectivity index (χ0n) is 13.8. The molecule has 1 aliphatic heterocycles. The average molecular weight is 290 g/mol. The molecule has 2 unspecified atom stereocenters. The minimum atomic E-state index is 0.400. The molecule has 1 fully saturated rings. The molecule has 0 aromatic heterocycles. The van der Waals surface area contributed by atoms with Crippen molar-refractivity contribution >= 4 is 0 Å². The zero-order chi connectivity index (χ0) is 15.1. The summed E-state index contributed by atoms with van der Waals surface area (Å²) in [6, 6.07) is 8.91. The average Bonchev–Trinajstić information content (AvgIpc) is 2.51. The van der Waals surface area contributed by atoms with E-state index in [1.54, 1.807) is 0 Å². The van der Waals surface area contributed by atoms with Crippen LogP contribution in [0, 0.1) is 5.92 Å². The Morgan fingerprint density at radius 3 is 2.76 bits per heavy atom. The van der Waals surface area contributed by atoms with Gasteiger partial charge in [0.05, 0.1) is 6.61 Å². The van der Waals surface area contributed by atoms with Gasteiger partial charge in [0.25, 0.3) is 0 Å². The Bertz CT molecular complexity index is 404. The molecule has 21 heavy (non-hydrogen) atoms. The molecule has 118 valence electrons. The molecule has 1 heterocycles. The monoisotopic (exact) mass is 290 g/mol. The summed E-state index contributed by atoms with van der Waals surface area (Å²) < 4.78 is 5.63. The molecule has 2 atom stereocenters.